The number of hydrogen-bond acceptors (Lipinski definition) is 3. The number of methoxy groups -OCH3 is 1. The first-order valence-corrected chi connectivity index (χ1v) is 9.01. The average Bonchev–Trinajstić information content (AvgIpc) is 2.58. The topological polar surface area (TPSA) is 48.9 Å². The second-order valence-corrected chi connectivity index (χ2v) is 6.16. The molecule has 1 aromatic carbocycles. The minimum atomic E-state index is -0.181. The molecule has 2 N–H and O–H groups in total. The first kappa shape index (κ1) is 25.1. The molecule has 0 aliphatic carbocycles. The molecule has 0 radical (unpaired) electrons. The van der Waals surface area contributed by atoms with Crippen LogP contribution in [0.5, 0.6) is 0 Å². The van der Waals surface area contributed by atoms with Crippen LogP contribution in [0.25, 0.3) is 0 Å². The van der Waals surface area contributed by atoms with E-state index in [4.69, 9.17) is 4.74 Å². The number of aryl methyl sites for hydroxylation is 1. The summed E-state index contributed by atoms with van der Waals surface area (Å²) in [7, 11) is 3.82. The van der Waals surface area contributed by atoms with E-state index in [9.17, 15) is 4.39 Å². The molecule has 1 aromatic rings. The van der Waals surface area contributed by atoms with Gasteiger partial charge in [0.1, 0.15) is 5.82 Å². The van der Waals surface area contributed by atoms with Crippen LogP contribution in [-0.4, -0.2) is 64.3 Å². The SMILES string of the molecule is CCNC(=NCCCN(C)CCOC)NCCc1ccc(F)cc1C.I. The van der Waals surface area contributed by atoms with Crippen LogP contribution in [0.4, 0.5) is 4.39 Å². The molecule has 0 aromatic heterocycles. The van der Waals surface area contributed by atoms with Gasteiger partial charge in [-0.15, -0.1) is 24.0 Å². The van der Waals surface area contributed by atoms with E-state index < -0.39 is 0 Å². The lowest BCUT2D eigenvalue weighted by Crippen LogP contribution is -2.38. The zero-order valence-corrected chi connectivity index (χ0v) is 18.8. The molecular formula is C19H34FIN4O. The molecule has 0 spiro atoms. The fourth-order valence-electron chi connectivity index (χ4n) is 2.49. The Morgan fingerprint density at radius 1 is 1.27 bits per heavy atom. The summed E-state index contributed by atoms with van der Waals surface area (Å²) in [5.74, 6) is 0.654. The summed E-state index contributed by atoms with van der Waals surface area (Å²) in [6, 6.07) is 4.95. The number of nitrogens with zero attached hydrogens (tertiary/aromatic N) is 2. The summed E-state index contributed by atoms with van der Waals surface area (Å²) < 4.78 is 18.2. The van der Waals surface area contributed by atoms with Crippen LogP contribution >= 0.6 is 24.0 Å². The van der Waals surface area contributed by atoms with Gasteiger partial charge in [-0.2, -0.15) is 0 Å². The van der Waals surface area contributed by atoms with E-state index in [1.54, 1.807) is 13.2 Å². The standard InChI is InChI=1S/C19H33FN4O.HI/c1-5-21-19(22-10-6-12-24(3)13-14-25-4)23-11-9-17-7-8-18(20)15-16(17)2;/h7-8,15H,5-6,9-14H2,1-4H3,(H2,21,22,23);1H. The lowest BCUT2D eigenvalue weighted by atomic mass is 10.1. The van der Waals surface area contributed by atoms with E-state index in [1.165, 1.54) is 6.07 Å². The molecule has 5 nitrogen and oxygen atoms in total. The van der Waals surface area contributed by atoms with Crippen molar-refractivity contribution in [2.24, 2.45) is 4.99 Å². The van der Waals surface area contributed by atoms with Gasteiger partial charge in [0.05, 0.1) is 6.61 Å². The number of hydrogen-bond donors (Lipinski definition) is 2. The third-order valence-corrected chi connectivity index (χ3v) is 3.98. The van der Waals surface area contributed by atoms with Crippen molar-refractivity contribution in [3.05, 3.63) is 35.1 Å². The molecule has 0 bridgehead atoms. The van der Waals surface area contributed by atoms with E-state index in [0.717, 1.165) is 69.3 Å². The van der Waals surface area contributed by atoms with Crippen molar-refractivity contribution < 1.29 is 9.13 Å². The number of nitrogens with one attached hydrogen (secondary N) is 2. The largest absolute Gasteiger partial charge is 0.383 e. The fourth-order valence-corrected chi connectivity index (χ4v) is 2.49. The van der Waals surface area contributed by atoms with Gasteiger partial charge in [0.15, 0.2) is 5.96 Å². The summed E-state index contributed by atoms with van der Waals surface area (Å²) in [6.45, 7) is 9.07. The maximum atomic E-state index is 13.1. The van der Waals surface area contributed by atoms with E-state index in [1.807, 2.05) is 13.0 Å². The van der Waals surface area contributed by atoms with Crippen molar-refractivity contribution in [3.8, 4) is 0 Å². The highest BCUT2D eigenvalue weighted by Gasteiger charge is 2.02. The van der Waals surface area contributed by atoms with Crippen LogP contribution in [-0.2, 0) is 11.2 Å². The van der Waals surface area contributed by atoms with Crippen molar-refractivity contribution in [1.82, 2.24) is 15.5 Å². The van der Waals surface area contributed by atoms with Gasteiger partial charge in [0.2, 0.25) is 0 Å². The molecule has 0 saturated carbocycles. The highest BCUT2D eigenvalue weighted by molar-refractivity contribution is 14.0. The predicted molar refractivity (Wildman–Crippen MR) is 118 cm³/mol. The Bertz CT molecular complexity index is 528. The third kappa shape index (κ3) is 10.9. The summed E-state index contributed by atoms with van der Waals surface area (Å²) in [6.07, 6.45) is 1.85. The number of rotatable bonds is 11. The van der Waals surface area contributed by atoms with Gasteiger partial charge in [0.25, 0.3) is 0 Å². The van der Waals surface area contributed by atoms with Gasteiger partial charge in [-0.3, -0.25) is 4.99 Å². The van der Waals surface area contributed by atoms with Gasteiger partial charge in [-0.1, -0.05) is 6.07 Å². The molecule has 0 amide bonds. The molecule has 0 unspecified atom stereocenters. The second-order valence-electron chi connectivity index (χ2n) is 6.16. The predicted octanol–water partition coefficient (Wildman–Crippen LogP) is 2.82. The van der Waals surface area contributed by atoms with Gasteiger partial charge in [0, 0.05) is 33.3 Å². The Morgan fingerprint density at radius 3 is 2.69 bits per heavy atom. The lowest BCUT2D eigenvalue weighted by molar-refractivity contribution is 0.161. The van der Waals surface area contributed by atoms with Gasteiger partial charge in [-0.25, -0.2) is 4.39 Å². The Morgan fingerprint density at radius 2 is 2.04 bits per heavy atom. The van der Waals surface area contributed by atoms with Crippen LogP contribution in [0.15, 0.2) is 23.2 Å². The van der Waals surface area contributed by atoms with Crippen LogP contribution in [0.1, 0.15) is 24.5 Å². The highest BCUT2D eigenvalue weighted by atomic mass is 127. The maximum Gasteiger partial charge on any atom is 0.191 e. The number of ether oxygens (including phenoxy) is 1. The Kier molecular flexibility index (Phi) is 14.6. The average molecular weight is 480 g/mol. The molecule has 1 rings (SSSR count). The number of halogens is 2. The quantitative estimate of drug-likeness (QED) is 0.222. The first-order chi connectivity index (χ1) is 12.1. The molecule has 0 fully saturated rings. The van der Waals surface area contributed by atoms with E-state index in [0.29, 0.717) is 0 Å². The van der Waals surface area contributed by atoms with Gasteiger partial charge < -0.3 is 20.3 Å². The lowest BCUT2D eigenvalue weighted by Gasteiger charge is -2.15. The summed E-state index contributed by atoms with van der Waals surface area (Å²) >= 11 is 0. The number of likely N-dealkylation sites (N-methyl/N-ethyl adjacent to an activating group) is 1. The van der Waals surface area contributed by atoms with Crippen LogP contribution in [0, 0.1) is 12.7 Å². The molecule has 0 atom stereocenters. The smallest absolute Gasteiger partial charge is 0.191 e. The van der Waals surface area contributed by atoms with E-state index >= 15 is 0 Å². The monoisotopic (exact) mass is 480 g/mol. The van der Waals surface area contributed by atoms with E-state index in [-0.39, 0.29) is 29.8 Å². The van der Waals surface area contributed by atoms with Crippen LogP contribution in [0.3, 0.4) is 0 Å². The Hall–Kier alpha value is -0.930. The molecule has 7 heteroatoms. The van der Waals surface area contributed by atoms with Crippen molar-refractivity contribution >= 4 is 29.9 Å². The van der Waals surface area contributed by atoms with Gasteiger partial charge >= 0.3 is 0 Å². The van der Waals surface area contributed by atoms with Crippen LogP contribution in [0.2, 0.25) is 0 Å². The Balaban J connectivity index is 0.00000625. The molecule has 0 heterocycles. The normalized spacial score (nSPS) is 11.4. The third-order valence-electron chi connectivity index (χ3n) is 3.98. The number of aliphatic imine (C=N–C) groups is 1. The van der Waals surface area contributed by atoms with Crippen molar-refractivity contribution in [2.75, 3.05) is 53.5 Å². The van der Waals surface area contributed by atoms with E-state index in [2.05, 4.69) is 34.5 Å². The van der Waals surface area contributed by atoms with Crippen molar-refractivity contribution in [1.29, 1.82) is 0 Å². The molecule has 0 aliphatic heterocycles. The molecule has 26 heavy (non-hydrogen) atoms. The minimum Gasteiger partial charge on any atom is -0.383 e. The van der Waals surface area contributed by atoms with Crippen molar-refractivity contribution in [2.45, 2.75) is 26.7 Å². The Labute approximate surface area is 174 Å². The molecule has 0 aliphatic rings. The zero-order valence-electron chi connectivity index (χ0n) is 16.5. The summed E-state index contributed by atoms with van der Waals surface area (Å²) in [5.41, 5.74) is 2.15. The summed E-state index contributed by atoms with van der Waals surface area (Å²) in [4.78, 5) is 6.86. The molecule has 0 saturated heterocycles. The number of guanidine groups is 1. The van der Waals surface area contributed by atoms with Crippen molar-refractivity contribution in [3.63, 3.8) is 0 Å². The van der Waals surface area contributed by atoms with Crippen LogP contribution < -0.4 is 10.6 Å². The second kappa shape index (κ2) is 15.2. The first-order valence-electron chi connectivity index (χ1n) is 9.01. The summed E-state index contributed by atoms with van der Waals surface area (Å²) in [5, 5.41) is 6.61. The molecular weight excluding hydrogens is 446 g/mol. The fraction of sp³-hybridized carbons (Fsp3) is 0.632. The minimum absolute atomic E-state index is 0. The molecule has 150 valence electrons. The number of benzene rings is 1. The highest BCUT2D eigenvalue weighted by Crippen LogP contribution is 2.10. The zero-order chi connectivity index (χ0) is 18.5. The maximum absolute atomic E-state index is 13.1. The van der Waals surface area contributed by atoms with Gasteiger partial charge in [-0.05, 0) is 63.5 Å².